The normalized spacial score (nSPS) is 9.40. The molecule has 1 amide bonds. The molecule has 0 aromatic carbocycles. The Hall–Kier alpha value is -2.11. The van der Waals surface area contributed by atoms with E-state index < -0.39 is 5.97 Å². The van der Waals surface area contributed by atoms with E-state index in [0.29, 0.717) is 12.1 Å². The number of aromatic nitrogens is 1. The van der Waals surface area contributed by atoms with Crippen molar-refractivity contribution < 1.29 is 14.3 Å². The van der Waals surface area contributed by atoms with Gasteiger partial charge in [-0.15, -0.1) is 0 Å². The first kappa shape index (κ1) is 11.0. The van der Waals surface area contributed by atoms with Gasteiger partial charge in [-0.05, 0) is 12.1 Å². The van der Waals surface area contributed by atoms with E-state index in [4.69, 9.17) is 5.73 Å². The molecule has 0 aliphatic heterocycles. The fraction of sp³-hybridized carbons (Fsp3) is 0.222. The molecule has 1 aromatic rings. The summed E-state index contributed by atoms with van der Waals surface area (Å²) in [6, 6.07) is 3.11. The zero-order valence-corrected chi connectivity index (χ0v) is 8.19. The average Bonchev–Trinajstić information content (AvgIpc) is 2.25. The lowest BCUT2D eigenvalue weighted by Crippen LogP contribution is -2.13. The fourth-order valence-electron chi connectivity index (χ4n) is 1.04. The van der Waals surface area contributed by atoms with Gasteiger partial charge in [0.05, 0.1) is 19.3 Å². The van der Waals surface area contributed by atoms with Gasteiger partial charge in [0.15, 0.2) is 0 Å². The number of hydrogen-bond acceptors (Lipinski definition) is 5. The van der Waals surface area contributed by atoms with Crippen LogP contribution in [-0.2, 0) is 16.1 Å². The molecular formula is C9H11N3O3. The zero-order chi connectivity index (χ0) is 11.3. The van der Waals surface area contributed by atoms with Gasteiger partial charge < -0.3 is 15.8 Å². The van der Waals surface area contributed by atoms with Crippen LogP contribution in [0, 0.1) is 0 Å². The van der Waals surface area contributed by atoms with Crippen LogP contribution in [0.2, 0.25) is 0 Å². The van der Waals surface area contributed by atoms with Crippen LogP contribution in [0.1, 0.15) is 16.1 Å². The van der Waals surface area contributed by atoms with Crippen LogP contribution >= 0.6 is 0 Å². The number of nitrogens with two attached hydrogens (primary N) is 1. The third-order valence-electron chi connectivity index (χ3n) is 1.75. The minimum Gasteiger partial charge on any atom is -0.465 e. The number of anilines is 1. The number of amides is 1. The topological polar surface area (TPSA) is 94.3 Å². The Balaban J connectivity index is 2.87. The lowest BCUT2D eigenvalue weighted by Gasteiger charge is -2.05. The summed E-state index contributed by atoms with van der Waals surface area (Å²) in [6.07, 6.45) is 0.562. The monoisotopic (exact) mass is 209 g/mol. The molecule has 6 nitrogen and oxygen atoms in total. The number of pyridine rings is 1. The summed E-state index contributed by atoms with van der Waals surface area (Å²) in [5.41, 5.74) is 6.33. The summed E-state index contributed by atoms with van der Waals surface area (Å²) >= 11 is 0. The fourth-order valence-corrected chi connectivity index (χ4v) is 1.04. The summed E-state index contributed by atoms with van der Waals surface area (Å²) in [5.74, 6) is -0.443. The van der Waals surface area contributed by atoms with E-state index in [9.17, 15) is 9.59 Å². The first-order valence-corrected chi connectivity index (χ1v) is 4.19. The summed E-state index contributed by atoms with van der Waals surface area (Å²) in [7, 11) is 1.27. The van der Waals surface area contributed by atoms with E-state index in [2.05, 4.69) is 15.0 Å². The van der Waals surface area contributed by atoms with Gasteiger partial charge in [0, 0.05) is 0 Å². The zero-order valence-electron chi connectivity index (χ0n) is 8.19. The molecule has 0 bridgehead atoms. The Morgan fingerprint density at radius 2 is 2.40 bits per heavy atom. The highest BCUT2D eigenvalue weighted by atomic mass is 16.5. The van der Waals surface area contributed by atoms with Crippen molar-refractivity contribution in [2.45, 2.75) is 6.54 Å². The van der Waals surface area contributed by atoms with Crippen molar-refractivity contribution in [3.63, 3.8) is 0 Å². The molecule has 0 fully saturated rings. The van der Waals surface area contributed by atoms with Gasteiger partial charge >= 0.3 is 5.97 Å². The second-order valence-electron chi connectivity index (χ2n) is 2.73. The van der Waals surface area contributed by atoms with Crippen molar-refractivity contribution in [1.29, 1.82) is 0 Å². The number of ether oxygens (including phenoxy) is 1. The number of nitrogen functional groups attached to an aromatic ring is 1. The van der Waals surface area contributed by atoms with E-state index in [1.54, 1.807) is 6.07 Å². The minimum atomic E-state index is -0.533. The molecule has 0 saturated carbocycles. The summed E-state index contributed by atoms with van der Waals surface area (Å²) < 4.78 is 4.51. The highest BCUT2D eigenvalue weighted by molar-refractivity contribution is 5.93. The van der Waals surface area contributed by atoms with E-state index in [1.165, 1.54) is 13.2 Å². The van der Waals surface area contributed by atoms with Crippen LogP contribution in [0.5, 0.6) is 0 Å². The molecule has 1 rings (SSSR count). The van der Waals surface area contributed by atoms with Gasteiger partial charge in [-0.1, -0.05) is 0 Å². The van der Waals surface area contributed by atoms with Crippen molar-refractivity contribution in [1.82, 2.24) is 10.3 Å². The molecular weight excluding hydrogens is 198 g/mol. The maximum Gasteiger partial charge on any atom is 0.341 e. The van der Waals surface area contributed by atoms with Crippen LogP contribution in [0.25, 0.3) is 0 Å². The molecule has 0 saturated heterocycles. The van der Waals surface area contributed by atoms with E-state index >= 15 is 0 Å². The van der Waals surface area contributed by atoms with Crippen molar-refractivity contribution in [2.75, 3.05) is 12.8 Å². The van der Waals surface area contributed by atoms with Gasteiger partial charge in [-0.2, -0.15) is 0 Å². The van der Waals surface area contributed by atoms with Crippen molar-refractivity contribution in [3.05, 3.63) is 23.4 Å². The van der Waals surface area contributed by atoms with Gasteiger partial charge in [0.25, 0.3) is 0 Å². The molecule has 15 heavy (non-hydrogen) atoms. The Morgan fingerprint density at radius 3 is 2.93 bits per heavy atom. The Labute approximate surface area is 86.4 Å². The van der Waals surface area contributed by atoms with Crippen molar-refractivity contribution in [3.8, 4) is 0 Å². The van der Waals surface area contributed by atoms with Gasteiger partial charge in [0.2, 0.25) is 6.41 Å². The number of nitrogens with zero attached hydrogens (tertiary/aromatic N) is 1. The third kappa shape index (κ3) is 2.67. The Bertz CT molecular complexity index is 379. The number of carbonyl (C=O) groups is 2. The molecule has 0 aliphatic carbocycles. The Kier molecular flexibility index (Phi) is 3.61. The molecule has 0 spiro atoms. The van der Waals surface area contributed by atoms with Crippen LogP contribution in [0.15, 0.2) is 12.1 Å². The largest absolute Gasteiger partial charge is 0.465 e. The molecule has 0 aliphatic rings. The highest BCUT2D eigenvalue weighted by Crippen LogP contribution is 2.10. The number of hydrogen-bond donors (Lipinski definition) is 2. The number of methoxy groups -OCH3 is 1. The SMILES string of the molecule is COC(=O)c1ccc(CNC=O)nc1N. The number of esters is 1. The predicted molar refractivity (Wildman–Crippen MR) is 52.9 cm³/mol. The number of nitrogens with one attached hydrogen (secondary N) is 1. The molecule has 6 heteroatoms. The minimum absolute atomic E-state index is 0.0899. The molecule has 80 valence electrons. The first-order chi connectivity index (χ1) is 7.19. The smallest absolute Gasteiger partial charge is 0.341 e. The maximum absolute atomic E-state index is 11.1. The van der Waals surface area contributed by atoms with Gasteiger partial charge in [-0.25, -0.2) is 9.78 Å². The quantitative estimate of drug-likeness (QED) is 0.524. The molecule has 0 unspecified atom stereocenters. The lowest BCUT2D eigenvalue weighted by atomic mass is 10.2. The van der Waals surface area contributed by atoms with Crippen LogP contribution in [0.4, 0.5) is 5.82 Å². The van der Waals surface area contributed by atoms with Crippen LogP contribution in [0.3, 0.4) is 0 Å². The summed E-state index contributed by atoms with van der Waals surface area (Å²) in [4.78, 5) is 25.1. The van der Waals surface area contributed by atoms with E-state index in [0.717, 1.165) is 0 Å². The second-order valence-corrected chi connectivity index (χ2v) is 2.73. The third-order valence-corrected chi connectivity index (χ3v) is 1.75. The lowest BCUT2D eigenvalue weighted by molar-refractivity contribution is -0.109. The summed E-state index contributed by atoms with van der Waals surface area (Å²) in [5, 5.41) is 2.44. The first-order valence-electron chi connectivity index (χ1n) is 4.19. The maximum atomic E-state index is 11.1. The molecule has 1 heterocycles. The van der Waals surface area contributed by atoms with E-state index in [1.807, 2.05) is 0 Å². The van der Waals surface area contributed by atoms with Crippen LogP contribution < -0.4 is 11.1 Å². The standard InChI is InChI=1S/C9H11N3O3/c1-15-9(14)7-3-2-6(4-11-5-13)12-8(7)10/h2-3,5H,4H2,1H3,(H2,10,12)(H,11,13). The van der Waals surface area contributed by atoms with Crippen molar-refractivity contribution >= 4 is 18.2 Å². The molecule has 0 radical (unpaired) electrons. The highest BCUT2D eigenvalue weighted by Gasteiger charge is 2.10. The molecule has 0 atom stereocenters. The van der Waals surface area contributed by atoms with Gasteiger partial charge in [-0.3, -0.25) is 4.79 Å². The number of carbonyl (C=O) groups excluding carboxylic acids is 2. The molecule has 1 aromatic heterocycles. The summed E-state index contributed by atoms with van der Waals surface area (Å²) in [6.45, 7) is 0.273. The van der Waals surface area contributed by atoms with Crippen LogP contribution in [-0.4, -0.2) is 24.5 Å². The second kappa shape index (κ2) is 4.94. The van der Waals surface area contributed by atoms with E-state index in [-0.39, 0.29) is 17.9 Å². The number of rotatable bonds is 4. The van der Waals surface area contributed by atoms with Crippen molar-refractivity contribution in [2.24, 2.45) is 0 Å². The predicted octanol–water partition coefficient (Wildman–Crippen LogP) is -0.304. The molecule has 3 N–H and O–H groups in total. The van der Waals surface area contributed by atoms with Gasteiger partial charge in [0.1, 0.15) is 11.4 Å². The average molecular weight is 209 g/mol. The Morgan fingerprint density at radius 1 is 1.67 bits per heavy atom.